The first-order valence-corrected chi connectivity index (χ1v) is 22.7. The Kier molecular flexibility index (Phi) is 39.0. The van der Waals surface area contributed by atoms with Crippen molar-refractivity contribution in [3.05, 3.63) is 24.3 Å². The number of aliphatic hydroxyl groups is 1. The molecule has 0 radical (unpaired) electrons. The number of allylic oxidation sites excluding steroid dienone is 3. The number of aliphatic carboxylic acids is 1. The first kappa shape index (κ1) is 52.3. The van der Waals surface area contributed by atoms with Crippen LogP contribution in [0.1, 0.15) is 219 Å². The number of rotatable bonds is 41. The van der Waals surface area contributed by atoms with Crippen LogP contribution in [0, 0.1) is 0 Å². The molecule has 0 bridgehead atoms. The van der Waals surface area contributed by atoms with Crippen LogP contribution in [-0.2, 0) is 23.9 Å². The molecule has 0 aromatic heterocycles. The van der Waals surface area contributed by atoms with E-state index in [9.17, 15) is 19.2 Å². The van der Waals surface area contributed by atoms with Gasteiger partial charge >= 0.3 is 11.9 Å². The largest absolute Gasteiger partial charge is 0.480 e. The lowest BCUT2D eigenvalue weighted by atomic mass is 10.0. The number of ether oxygens (including phenoxy) is 1. The molecule has 0 heterocycles. The number of carbonyl (C=O) groups excluding carboxylic acids is 3. The quantitative estimate of drug-likeness (QED) is 0.0275. The Morgan fingerprint density at radius 3 is 1.55 bits per heavy atom. The molecular formula is C46H84N2O7. The highest BCUT2D eigenvalue weighted by Gasteiger charge is 2.18. The van der Waals surface area contributed by atoms with Crippen molar-refractivity contribution >= 4 is 23.8 Å². The molecule has 0 aliphatic heterocycles. The van der Waals surface area contributed by atoms with Gasteiger partial charge in [0.15, 0.2) is 0 Å². The highest BCUT2D eigenvalue weighted by molar-refractivity contribution is 5.87. The van der Waals surface area contributed by atoms with Gasteiger partial charge in [-0.05, 0) is 51.0 Å². The monoisotopic (exact) mass is 777 g/mol. The molecule has 0 rings (SSSR count). The van der Waals surface area contributed by atoms with Gasteiger partial charge in [0.05, 0.1) is 13.2 Å². The Hall–Kier alpha value is -2.68. The Labute approximate surface area is 336 Å². The van der Waals surface area contributed by atoms with Gasteiger partial charge < -0.3 is 25.6 Å². The van der Waals surface area contributed by atoms with Crippen LogP contribution in [0.5, 0.6) is 0 Å². The Bertz CT molecular complexity index is 983. The van der Waals surface area contributed by atoms with Crippen molar-refractivity contribution in [2.45, 2.75) is 231 Å². The van der Waals surface area contributed by atoms with Gasteiger partial charge in [-0.25, -0.2) is 4.79 Å². The lowest BCUT2D eigenvalue weighted by Crippen LogP contribution is -2.47. The lowest BCUT2D eigenvalue weighted by molar-refractivity contribution is -0.147. The topological polar surface area (TPSA) is 142 Å². The molecule has 0 saturated carbocycles. The summed E-state index contributed by atoms with van der Waals surface area (Å²) in [5, 5.41) is 22.5. The predicted molar refractivity (Wildman–Crippen MR) is 227 cm³/mol. The molecular weight excluding hydrogens is 693 g/mol. The third-order valence-corrected chi connectivity index (χ3v) is 10.2. The van der Waals surface area contributed by atoms with Crippen molar-refractivity contribution in [3.63, 3.8) is 0 Å². The minimum atomic E-state index is -1.39. The summed E-state index contributed by atoms with van der Waals surface area (Å²) < 4.78 is 5.90. The smallest absolute Gasteiger partial charge is 0.328 e. The third-order valence-electron chi connectivity index (χ3n) is 10.2. The molecule has 0 spiro atoms. The minimum Gasteiger partial charge on any atom is -0.480 e. The summed E-state index contributed by atoms with van der Waals surface area (Å²) in [4.78, 5) is 47.5. The van der Waals surface area contributed by atoms with Crippen molar-refractivity contribution in [1.82, 2.24) is 10.6 Å². The number of aliphatic hydroxyl groups excluding tert-OH is 1. The molecule has 9 nitrogen and oxygen atoms in total. The summed E-state index contributed by atoms with van der Waals surface area (Å²) in [7, 11) is 0. The number of amides is 2. The molecule has 9 heteroatoms. The van der Waals surface area contributed by atoms with Crippen molar-refractivity contribution < 1.29 is 34.1 Å². The first-order valence-electron chi connectivity index (χ1n) is 22.7. The molecule has 0 saturated heterocycles. The van der Waals surface area contributed by atoms with E-state index in [-0.39, 0.29) is 30.9 Å². The standard InChI is InChI=1S/C46H84N2O7/c1-3-5-7-9-11-13-14-15-16-17-18-19-20-21-22-23-24-26-28-34-38-45(52)55-41(35-31-27-25-12-10-8-6-4-2)36-32-29-30-33-37-43(50)47-39-44(51)48-42(40-49)46(53)54/h12,25,31,35,41-42,49H,3-11,13-24,26-30,32-34,36-40H2,1-2H3,(H,47,50)(H,48,51)(H,53,54)/b25-12-,35-31-. The number of hydrogen-bond acceptors (Lipinski definition) is 6. The van der Waals surface area contributed by atoms with Crippen LogP contribution in [0.3, 0.4) is 0 Å². The van der Waals surface area contributed by atoms with Crippen LogP contribution < -0.4 is 10.6 Å². The van der Waals surface area contributed by atoms with Gasteiger partial charge in [-0.1, -0.05) is 180 Å². The van der Waals surface area contributed by atoms with Crippen molar-refractivity contribution in [3.8, 4) is 0 Å². The fraction of sp³-hybridized carbons (Fsp3) is 0.826. The van der Waals surface area contributed by atoms with Gasteiger partial charge in [0.1, 0.15) is 12.1 Å². The second-order valence-corrected chi connectivity index (χ2v) is 15.5. The highest BCUT2D eigenvalue weighted by atomic mass is 16.5. The van der Waals surface area contributed by atoms with Crippen LogP contribution in [0.2, 0.25) is 0 Å². The van der Waals surface area contributed by atoms with E-state index >= 15 is 0 Å². The molecule has 55 heavy (non-hydrogen) atoms. The number of esters is 1. The van der Waals surface area contributed by atoms with E-state index in [2.05, 4.69) is 42.7 Å². The van der Waals surface area contributed by atoms with Gasteiger partial charge in [0, 0.05) is 12.8 Å². The number of unbranched alkanes of at least 4 members (excludes halogenated alkanes) is 25. The van der Waals surface area contributed by atoms with Crippen LogP contribution in [-0.4, -0.2) is 59.3 Å². The number of carbonyl (C=O) groups is 4. The van der Waals surface area contributed by atoms with E-state index in [0.717, 1.165) is 51.4 Å². The highest BCUT2D eigenvalue weighted by Crippen LogP contribution is 2.17. The molecule has 0 aromatic carbocycles. The SMILES string of the molecule is CCCCC/C=C\C/C=C\C(CCCCCCC(=O)NCC(=O)NC(CO)C(=O)O)OC(=O)CCCCCCCCCCCCCCCCCCCCCC. The van der Waals surface area contributed by atoms with Crippen molar-refractivity contribution in [1.29, 1.82) is 0 Å². The van der Waals surface area contributed by atoms with E-state index in [0.29, 0.717) is 12.8 Å². The first-order chi connectivity index (χ1) is 26.8. The third kappa shape index (κ3) is 38.0. The summed E-state index contributed by atoms with van der Waals surface area (Å²) >= 11 is 0. The van der Waals surface area contributed by atoms with E-state index in [4.69, 9.17) is 14.9 Å². The Morgan fingerprint density at radius 1 is 0.564 bits per heavy atom. The Morgan fingerprint density at radius 2 is 1.04 bits per heavy atom. The second-order valence-electron chi connectivity index (χ2n) is 15.5. The van der Waals surface area contributed by atoms with E-state index in [1.165, 1.54) is 135 Å². The molecule has 0 fully saturated rings. The van der Waals surface area contributed by atoms with Gasteiger partial charge in [-0.15, -0.1) is 0 Å². The van der Waals surface area contributed by atoms with E-state index in [1.807, 2.05) is 6.08 Å². The maximum absolute atomic E-state index is 12.7. The van der Waals surface area contributed by atoms with Crippen LogP contribution >= 0.6 is 0 Å². The van der Waals surface area contributed by atoms with Gasteiger partial charge in [0.25, 0.3) is 0 Å². The average Bonchev–Trinajstić information content (AvgIpc) is 3.17. The maximum Gasteiger partial charge on any atom is 0.328 e. The van der Waals surface area contributed by atoms with E-state index < -0.39 is 24.5 Å². The van der Waals surface area contributed by atoms with E-state index in [1.54, 1.807) is 0 Å². The molecule has 0 aromatic rings. The summed E-state index contributed by atoms with van der Waals surface area (Å²) in [6, 6.07) is -1.39. The maximum atomic E-state index is 12.7. The predicted octanol–water partition coefficient (Wildman–Crippen LogP) is 11.2. The summed E-state index contributed by atoms with van der Waals surface area (Å²) in [5.41, 5.74) is 0. The fourth-order valence-electron chi connectivity index (χ4n) is 6.66. The lowest BCUT2D eigenvalue weighted by Gasteiger charge is -2.15. The summed E-state index contributed by atoms with van der Waals surface area (Å²) in [6.45, 7) is 3.43. The molecule has 2 amide bonds. The molecule has 4 N–H and O–H groups in total. The van der Waals surface area contributed by atoms with Crippen LogP contribution in [0.25, 0.3) is 0 Å². The number of hydrogen-bond donors (Lipinski definition) is 4. The van der Waals surface area contributed by atoms with Crippen molar-refractivity contribution in [2.75, 3.05) is 13.2 Å². The molecule has 2 atom stereocenters. The van der Waals surface area contributed by atoms with Gasteiger partial charge in [-0.2, -0.15) is 0 Å². The average molecular weight is 777 g/mol. The fourth-order valence-corrected chi connectivity index (χ4v) is 6.66. The van der Waals surface area contributed by atoms with Crippen LogP contribution in [0.4, 0.5) is 0 Å². The number of carboxylic acid groups (broad SMARTS) is 1. The van der Waals surface area contributed by atoms with Crippen molar-refractivity contribution in [2.24, 2.45) is 0 Å². The zero-order valence-corrected chi connectivity index (χ0v) is 35.4. The molecule has 0 aliphatic carbocycles. The van der Waals surface area contributed by atoms with Crippen LogP contribution in [0.15, 0.2) is 24.3 Å². The second kappa shape index (κ2) is 41.0. The molecule has 0 aliphatic rings. The zero-order valence-electron chi connectivity index (χ0n) is 35.4. The summed E-state index contributed by atoms with van der Waals surface area (Å²) in [5.74, 6) is -2.41. The molecule has 320 valence electrons. The zero-order chi connectivity index (χ0) is 40.5. The number of carboxylic acids is 1. The minimum absolute atomic E-state index is 0.124. The normalized spacial score (nSPS) is 12.6. The number of nitrogens with one attached hydrogen (secondary N) is 2. The van der Waals surface area contributed by atoms with Gasteiger partial charge in [0.2, 0.25) is 11.8 Å². The molecule has 2 unspecified atom stereocenters. The Balaban J connectivity index is 4.15. The van der Waals surface area contributed by atoms with Gasteiger partial charge in [-0.3, -0.25) is 14.4 Å². The summed E-state index contributed by atoms with van der Waals surface area (Å²) in [6.07, 6.45) is 45.2.